The van der Waals surface area contributed by atoms with Crippen molar-refractivity contribution in [3.8, 4) is 28.4 Å². The van der Waals surface area contributed by atoms with E-state index < -0.39 is 17.3 Å². The minimum Gasteiger partial charge on any atom is -0.507 e. The van der Waals surface area contributed by atoms with Gasteiger partial charge in [-0.25, -0.2) is 0 Å². The number of pyridine rings is 1. The predicted molar refractivity (Wildman–Crippen MR) is 142 cm³/mol. The summed E-state index contributed by atoms with van der Waals surface area (Å²) in [6.07, 6.45) is 3.04. The maximum atomic E-state index is 13.6. The summed E-state index contributed by atoms with van der Waals surface area (Å²) in [6.45, 7) is 0.234. The van der Waals surface area contributed by atoms with Crippen LogP contribution in [0, 0.1) is 0 Å². The summed E-state index contributed by atoms with van der Waals surface area (Å²) in [4.78, 5) is 30.5. The van der Waals surface area contributed by atoms with Gasteiger partial charge in [0.05, 0.1) is 17.7 Å². The van der Waals surface area contributed by atoms with E-state index in [-0.39, 0.29) is 41.1 Å². The summed E-state index contributed by atoms with van der Waals surface area (Å²) in [5, 5.41) is 11.4. The summed E-state index contributed by atoms with van der Waals surface area (Å²) < 4.78 is 17.6. The number of aromatic hydroxyl groups is 1. The number of hydrogen-bond donors (Lipinski definition) is 1. The standard InChI is InChI=1S/C30H20ClNO6/c31-18-10-8-17(9-11-18)22-16-37-30-27-21(13-26(34)38-25(27)14-23(33)28(30)29(22)35)20-6-1-2-7-24(20)36-15-19-5-3-4-12-32-19/h1-12,14,16,21,33H,13,15H2/t21-/m1/s1. The Hall–Kier alpha value is -4.62. The normalized spacial score (nSPS) is 14.7. The minimum absolute atomic E-state index is 0.000514. The smallest absolute Gasteiger partial charge is 0.312 e. The molecule has 0 saturated carbocycles. The van der Waals surface area contributed by atoms with Gasteiger partial charge < -0.3 is 19.0 Å². The van der Waals surface area contributed by atoms with E-state index in [4.69, 9.17) is 25.5 Å². The van der Waals surface area contributed by atoms with Crippen LogP contribution in [0.3, 0.4) is 0 Å². The second-order valence-corrected chi connectivity index (χ2v) is 9.31. The molecule has 1 atom stereocenters. The first-order valence-corrected chi connectivity index (χ1v) is 12.3. The van der Waals surface area contributed by atoms with E-state index in [9.17, 15) is 14.7 Å². The highest BCUT2D eigenvalue weighted by Crippen LogP contribution is 2.47. The highest BCUT2D eigenvalue weighted by atomic mass is 35.5. The minimum atomic E-state index is -0.543. The molecule has 7 nitrogen and oxygen atoms in total. The molecule has 1 aliphatic heterocycles. The fraction of sp³-hybridized carbons (Fsp3) is 0.100. The van der Waals surface area contributed by atoms with Crippen LogP contribution in [0.1, 0.15) is 29.2 Å². The lowest BCUT2D eigenvalue weighted by molar-refractivity contribution is -0.135. The second kappa shape index (κ2) is 9.68. The number of hydrogen-bond acceptors (Lipinski definition) is 7. The van der Waals surface area contributed by atoms with Crippen LogP contribution in [0.15, 0.2) is 94.5 Å². The van der Waals surface area contributed by atoms with E-state index >= 15 is 0 Å². The Morgan fingerprint density at radius 3 is 2.61 bits per heavy atom. The van der Waals surface area contributed by atoms with Crippen LogP contribution >= 0.6 is 11.6 Å². The van der Waals surface area contributed by atoms with Crippen LogP contribution in [-0.2, 0) is 11.4 Å². The number of fused-ring (bicyclic) bond motifs is 3. The molecule has 8 heteroatoms. The molecule has 3 aromatic carbocycles. The zero-order valence-electron chi connectivity index (χ0n) is 19.9. The molecule has 38 heavy (non-hydrogen) atoms. The summed E-state index contributed by atoms with van der Waals surface area (Å²) in [5.41, 5.74) is 2.57. The highest BCUT2D eigenvalue weighted by Gasteiger charge is 2.35. The van der Waals surface area contributed by atoms with Crippen molar-refractivity contribution in [1.82, 2.24) is 4.98 Å². The molecule has 188 valence electrons. The van der Waals surface area contributed by atoms with Gasteiger partial charge in [0.25, 0.3) is 0 Å². The fourth-order valence-corrected chi connectivity index (χ4v) is 4.89. The van der Waals surface area contributed by atoms with Crippen molar-refractivity contribution in [2.45, 2.75) is 18.9 Å². The average Bonchev–Trinajstić information content (AvgIpc) is 2.93. The van der Waals surface area contributed by atoms with Gasteiger partial charge in [0.2, 0.25) is 5.43 Å². The number of phenolic OH excluding ortho intramolecular Hbond substituents is 1. The van der Waals surface area contributed by atoms with Crippen molar-refractivity contribution in [3.63, 3.8) is 0 Å². The van der Waals surface area contributed by atoms with Crippen LogP contribution < -0.4 is 14.9 Å². The van der Waals surface area contributed by atoms with Crippen LogP contribution in [0.4, 0.5) is 0 Å². The molecule has 5 aromatic rings. The second-order valence-electron chi connectivity index (χ2n) is 8.88. The molecule has 1 aliphatic rings. The van der Waals surface area contributed by atoms with E-state index in [2.05, 4.69) is 4.98 Å². The Kier molecular flexibility index (Phi) is 6.05. The van der Waals surface area contributed by atoms with Gasteiger partial charge >= 0.3 is 5.97 Å². The summed E-state index contributed by atoms with van der Waals surface area (Å²) in [7, 11) is 0. The number of phenols is 1. The van der Waals surface area contributed by atoms with Gasteiger partial charge in [0.1, 0.15) is 41.1 Å². The van der Waals surface area contributed by atoms with Crippen LogP contribution in [-0.4, -0.2) is 16.1 Å². The van der Waals surface area contributed by atoms with E-state index in [0.717, 1.165) is 11.3 Å². The lowest BCUT2D eigenvalue weighted by Gasteiger charge is -2.27. The van der Waals surface area contributed by atoms with Gasteiger partial charge in [-0.2, -0.15) is 0 Å². The van der Waals surface area contributed by atoms with Crippen LogP contribution in [0.5, 0.6) is 17.2 Å². The van der Waals surface area contributed by atoms with E-state index in [1.165, 1.54) is 12.3 Å². The Labute approximate surface area is 221 Å². The van der Waals surface area contributed by atoms with E-state index in [1.807, 2.05) is 42.5 Å². The Balaban J connectivity index is 1.49. The third-order valence-electron chi connectivity index (χ3n) is 6.52. The van der Waals surface area contributed by atoms with Gasteiger partial charge in [0.15, 0.2) is 0 Å². The number of aromatic nitrogens is 1. The third kappa shape index (κ3) is 4.27. The van der Waals surface area contributed by atoms with Gasteiger partial charge in [-0.1, -0.05) is 48.0 Å². The topological polar surface area (TPSA) is 98.9 Å². The van der Waals surface area contributed by atoms with Gasteiger partial charge in [-0.05, 0) is 35.9 Å². The zero-order valence-corrected chi connectivity index (χ0v) is 20.6. The molecule has 3 heterocycles. The molecule has 0 amide bonds. The van der Waals surface area contributed by atoms with E-state index in [1.54, 1.807) is 30.5 Å². The molecule has 0 bridgehead atoms. The first-order chi connectivity index (χ1) is 18.5. The Morgan fingerprint density at radius 2 is 1.82 bits per heavy atom. The number of carbonyl (C=O) groups is 1. The van der Waals surface area contributed by atoms with E-state index in [0.29, 0.717) is 21.9 Å². The SMILES string of the molecule is O=C1C[C@H](c2ccccc2OCc2ccccn2)c2c(cc(O)c3c(=O)c(-c4ccc(Cl)cc4)coc23)O1. The van der Waals surface area contributed by atoms with Crippen molar-refractivity contribution in [2.75, 3.05) is 0 Å². The Morgan fingerprint density at radius 1 is 1.03 bits per heavy atom. The first kappa shape index (κ1) is 23.8. The number of para-hydroxylation sites is 1. The van der Waals surface area contributed by atoms with Gasteiger partial charge in [-0.3, -0.25) is 14.6 Å². The number of halogens is 1. The Bertz CT molecular complexity index is 1730. The molecule has 2 aromatic heterocycles. The molecule has 0 radical (unpaired) electrons. The first-order valence-electron chi connectivity index (χ1n) is 11.9. The predicted octanol–water partition coefficient (Wildman–Crippen LogP) is 6.23. The van der Waals surface area contributed by atoms with Crippen molar-refractivity contribution in [2.24, 2.45) is 0 Å². The van der Waals surface area contributed by atoms with Gasteiger partial charge in [-0.15, -0.1) is 0 Å². The summed E-state index contributed by atoms with van der Waals surface area (Å²) in [5.74, 6) is -0.653. The molecule has 0 spiro atoms. The largest absolute Gasteiger partial charge is 0.507 e. The summed E-state index contributed by atoms with van der Waals surface area (Å²) >= 11 is 6.00. The quantitative estimate of drug-likeness (QED) is 0.214. The summed E-state index contributed by atoms with van der Waals surface area (Å²) in [6, 6.07) is 21.0. The third-order valence-corrected chi connectivity index (χ3v) is 6.77. The zero-order chi connectivity index (χ0) is 26.2. The lowest BCUT2D eigenvalue weighted by Crippen LogP contribution is -2.22. The maximum Gasteiger partial charge on any atom is 0.312 e. The lowest BCUT2D eigenvalue weighted by atomic mass is 9.84. The number of carbonyl (C=O) groups excluding carboxylic acids is 1. The fourth-order valence-electron chi connectivity index (χ4n) is 4.76. The van der Waals surface area contributed by atoms with Crippen molar-refractivity contribution in [3.05, 3.63) is 117 Å². The van der Waals surface area contributed by atoms with Crippen molar-refractivity contribution >= 4 is 28.5 Å². The molecule has 0 fully saturated rings. The molecule has 0 aliphatic carbocycles. The number of nitrogens with zero attached hydrogens (tertiary/aromatic N) is 1. The molecule has 0 saturated heterocycles. The van der Waals surface area contributed by atoms with Crippen molar-refractivity contribution < 1.29 is 23.8 Å². The van der Waals surface area contributed by atoms with Crippen LogP contribution in [0.25, 0.3) is 22.1 Å². The van der Waals surface area contributed by atoms with Crippen molar-refractivity contribution in [1.29, 1.82) is 0 Å². The highest BCUT2D eigenvalue weighted by molar-refractivity contribution is 6.30. The molecule has 0 unspecified atom stereocenters. The molecule has 1 N–H and O–H groups in total. The number of esters is 1. The molecule has 6 rings (SSSR count). The molecular formula is C30H20ClNO6. The maximum absolute atomic E-state index is 13.6. The van der Waals surface area contributed by atoms with Gasteiger partial charge in [0, 0.05) is 34.3 Å². The number of rotatable bonds is 5. The number of ether oxygens (including phenoxy) is 2. The average molecular weight is 526 g/mol. The number of benzene rings is 3. The van der Waals surface area contributed by atoms with Crippen LogP contribution in [0.2, 0.25) is 5.02 Å². The molecular weight excluding hydrogens is 506 g/mol. The monoisotopic (exact) mass is 525 g/mol.